The van der Waals surface area contributed by atoms with Gasteiger partial charge in [0, 0.05) is 6.54 Å². The Morgan fingerprint density at radius 2 is 1.85 bits per heavy atom. The van der Waals surface area contributed by atoms with Crippen molar-refractivity contribution in [2.75, 3.05) is 0 Å². The van der Waals surface area contributed by atoms with E-state index in [9.17, 15) is 0 Å². The van der Waals surface area contributed by atoms with Gasteiger partial charge in [-0.3, -0.25) is 0 Å². The Morgan fingerprint density at radius 1 is 1.15 bits per heavy atom. The molecule has 0 unspecified atom stereocenters. The van der Waals surface area contributed by atoms with E-state index in [-0.39, 0.29) is 0 Å². The number of aryl methyl sites for hydroxylation is 1. The van der Waals surface area contributed by atoms with Crippen molar-refractivity contribution in [3.63, 3.8) is 0 Å². The monoisotopic (exact) mass is 175 g/mol. The minimum absolute atomic E-state index is 0.697. The van der Waals surface area contributed by atoms with E-state index in [4.69, 9.17) is 5.73 Å². The SMILES string of the molecule is Cc1ccc(CN)c2c1CCCC2. The van der Waals surface area contributed by atoms with Gasteiger partial charge in [-0.15, -0.1) is 0 Å². The Balaban J connectivity index is 2.52. The topological polar surface area (TPSA) is 26.0 Å². The molecule has 1 aromatic rings. The first kappa shape index (κ1) is 8.76. The molecule has 1 heteroatoms. The van der Waals surface area contributed by atoms with Crippen LogP contribution in [0.25, 0.3) is 0 Å². The van der Waals surface area contributed by atoms with Crippen LogP contribution in [0.5, 0.6) is 0 Å². The quantitative estimate of drug-likeness (QED) is 0.696. The Hall–Kier alpha value is -0.820. The zero-order valence-electron chi connectivity index (χ0n) is 8.27. The highest BCUT2D eigenvalue weighted by Gasteiger charge is 2.13. The second kappa shape index (κ2) is 3.51. The molecule has 0 amide bonds. The van der Waals surface area contributed by atoms with Gasteiger partial charge < -0.3 is 5.73 Å². The molecule has 2 rings (SSSR count). The maximum atomic E-state index is 5.72. The minimum atomic E-state index is 0.697. The van der Waals surface area contributed by atoms with Crippen LogP contribution in [0.2, 0.25) is 0 Å². The third-order valence-electron chi connectivity index (χ3n) is 3.09. The predicted octanol–water partition coefficient (Wildman–Crippen LogP) is 2.33. The van der Waals surface area contributed by atoms with Crippen LogP contribution < -0.4 is 5.73 Å². The van der Waals surface area contributed by atoms with Crippen LogP contribution in [0.1, 0.15) is 35.1 Å². The fourth-order valence-corrected chi connectivity index (χ4v) is 2.31. The summed E-state index contributed by atoms with van der Waals surface area (Å²) in [7, 11) is 0. The molecule has 1 aromatic carbocycles. The normalized spacial score (nSPS) is 15.5. The van der Waals surface area contributed by atoms with E-state index in [1.54, 1.807) is 11.1 Å². The molecule has 0 aliphatic heterocycles. The Kier molecular flexibility index (Phi) is 2.36. The number of hydrogen-bond donors (Lipinski definition) is 1. The Bertz CT molecular complexity index is 315. The third-order valence-corrected chi connectivity index (χ3v) is 3.09. The van der Waals surface area contributed by atoms with Gasteiger partial charge in [-0.2, -0.15) is 0 Å². The van der Waals surface area contributed by atoms with Crippen LogP contribution in [-0.4, -0.2) is 0 Å². The summed E-state index contributed by atoms with van der Waals surface area (Å²) in [6, 6.07) is 4.41. The fourth-order valence-electron chi connectivity index (χ4n) is 2.31. The molecule has 0 bridgehead atoms. The van der Waals surface area contributed by atoms with E-state index in [0.717, 1.165) is 0 Å². The molecule has 1 aliphatic rings. The highest BCUT2D eigenvalue weighted by Crippen LogP contribution is 2.26. The van der Waals surface area contributed by atoms with Crippen molar-refractivity contribution >= 4 is 0 Å². The smallest absolute Gasteiger partial charge is 0.0180 e. The average molecular weight is 175 g/mol. The standard InChI is InChI=1S/C12H17N/c1-9-6-7-10(8-13)12-5-3-2-4-11(9)12/h6-7H,2-5,8,13H2,1H3. The number of hydrogen-bond acceptors (Lipinski definition) is 1. The molecule has 0 saturated carbocycles. The van der Waals surface area contributed by atoms with E-state index in [1.165, 1.54) is 36.8 Å². The summed E-state index contributed by atoms with van der Waals surface area (Å²) in [5, 5.41) is 0. The fraction of sp³-hybridized carbons (Fsp3) is 0.500. The lowest BCUT2D eigenvalue weighted by Gasteiger charge is -2.20. The lowest BCUT2D eigenvalue weighted by atomic mass is 9.85. The summed E-state index contributed by atoms with van der Waals surface area (Å²) in [4.78, 5) is 0. The van der Waals surface area contributed by atoms with E-state index in [2.05, 4.69) is 19.1 Å². The van der Waals surface area contributed by atoms with Gasteiger partial charge in [0.1, 0.15) is 0 Å². The van der Waals surface area contributed by atoms with Crippen molar-refractivity contribution in [3.8, 4) is 0 Å². The number of benzene rings is 1. The van der Waals surface area contributed by atoms with Crippen molar-refractivity contribution in [1.82, 2.24) is 0 Å². The van der Waals surface area contributed by atoms with Gasteiger partial charge in [0.25, 0.3) is 0 Å². The summed E-state index contributed by atoms with van der Waals surface area (Å²) < 4.78 is 0. The summed E-state index contributed by atoms with van der Waals surface area (Å²) in [5.74, 6) is 0. The molecular weight excluding hydrogens is 158 g/mol. The molecule has 0 radical (unpaired) electrons. The summed E-state index contributed by atoms with van der Waals surface area (Å²) in [6.45, 7) is 2.91. The molecule has 0 saturated heterocycles. The van der Waals surface area contributed by atoms with Gasteiger partial charge in [-0.1, -0.05) is 12.1 Å². The van der Waals surface area contributed by atoms with Crippen LogP contribution >= 0.6 is 0 Å². The number of rotatable bonds is 1. The van der Waals surface area contributed by atoms with E-state index in [1.807, 2.05) is 0 Å². The molecule has 0 aromatic heterocycles. The summed E-state index contributed by atoms with van der Waals surface area (Å²) >= 11 is 0. The summed E-state index contributed by atoms with van der Waals surface area (Å²) in [6.07, 6.45) is 5.18. The predicted molar refractivity (Wildman–Crippen MR) is 55.7 cm³/mol. The molecule has 0 atom stereocenters. The van der Waals surface area contributed by atoms with Gasteiger partial charge in [0.2, 0.25) is 0 Å². The third kappa shape index (κ3) is 1.49. The van der Waals surface area contributed by atoms with Gasteiger partial charge in [0.05, 0.1) is 0 Å². The second-order valence-corrected chi connectivity index (χ2v) is 3.91. The van der Waals surface area contributed by atoms with Crippen molar-refractivity contribution in [1.29, 1.82) is 0 Å². The van der Waals surface area contributed by atoms with Crippen molar-refractivity contribution in [3.05, 3.63) is 34.4 Å². The first-order chi connectivity index (χ1) is 6.33. The van der Waals surface area contributed by atoms with Crippen molar-refractivity contribution < 1.29 is 0 Å². The van der Waals surface area contributed by atoms with Gasteiger partial charge >= 0.3 is 0 Å². The van der Waals surface area contributed by atoms with Crippen molar-refractivity contribution in [2.45, 2.75) is 39.2 Å². The van der Waals surface area contributed by atoms with Gasteiger partial charge in [-0.25, -0.2) is 0 Å². The Morgan fingerprint density at radius 3 is 2.54 bits per heavy atom. The van der Waals surface area contributed by atoms with E-state index < -0.39 is 0 Å². The van der Waals surface area contributed by atoms with Crippen LogP contribution in [0.15, 0.2) is 12.1 Å². The molecule has 0 fully saturated rings. The average Bonchev–Trinajstić information content (AvgIpc) is 2.19. The van der Waals surface area contributed by atoms with Crippen LogP contribution in [0, 0.1) is 6.92 Å². The largest absolute Gasteiger partial charge is 0.326 e. The van der Waals surface area contributed by atoms with Crippen LogP contribution in [0.3, 0.4) is 0 Å². The zero-order chi connectivity index (χ0) is 9.26. The number of fused-ring (bicyclic) bond motifs is 1. The molecule has 2 N–H and O–H groups in total. The molecule has 13 heavy (non-hydrogen) atoms. The van der Waals surface area contributed by atoms with Gasteiger partial charge in [0.15, 0.2) is 0 Å². The van der Waals surface area contributed by atoms with Crippen molar-refractivity contribution in [2.24, 2.45) is 5.73 Å². The first-order valence-corrected chi connectivity index (χ1v) is 5.13. The highest BCUT2D eigenvalue weighted by atomic mass is 14.5. The molecule has 0 heterocycles. The number of nitrogens with two attached hydrogens (primary N) is 1. The molecule has 70 valence electrons. The highest BCUT2D eigenvalue weighted by molar-refractivity contribution is 5.42. The van der Waals surface area contributed by atoms with Crippen LogP contribution in [-0.2, 0) is 19.4 Å². The van der Waals surface area contributed by atoms with Crippen LogP contribution in [0.4, 0.5) is 0 Å². The molecule has 1 aliphatic carbocycles. The lowest BCUT2D eigenvalue weighted by molar-refractivity contribution is 0.674. The molecule has 0 spiro atoms. The maximum Gasteiger partial charge on any atom is 0.0180 e. The van der Waals surface area contributed by atoms with Gasteiger partial charge in [-0.05, 0) is 54.9 Å². The minimum Gasteiger partial charge on any atom is -0.326 e. The Labute approximate surface area is 80.0 Å². The first-order valence-electron chi connectivity index (χ1n) is 5.13. The second-order valence-electron chi connectivity index (χ2n) is 3.91. The zero-order valence-corrected chi connectivity index (χ0v) is 8.27. The maximum absolute atomic E-state index is 5.72. The summed E-state index contributed by atoms with van der Waals surface area (Å²) in [5.41, 5.74) is 11.7. The lowest BCUT2D eigenvalue weighted by Crippen LogP contribution is -2.10. The van der Waals surface area contributed by atoms with E-state index in [0.29, 0.717) is 6.54 Å². The molecule has 1 nitrogen and oxygen atoms in total. The molecular formula is C12H17N. The van der Waals surface area contributed by atoms with E-state index >= 15 is 0 Å².